The van der Waals surface area contributed by atoms with Gasteiger partial charge in [-0.3, -0.25) is 4.79 Å². The molecule has 1 aromatic rings. The normalized spacial score (nSPS) is 15.9. The lowest BCUT2D eigenvalue weighted by atomic mass is 10.4. The summed E-state index contributed by atoms with van der Waals surface area (Å²) < 4.78 is 29.1. The smallest absolute Gasteiger partial charge is 0.240 e. The number of carbonyl (C=O) groups is 1. The summed E-state index contributed by atoms with van der Waals surface area (Å²) in [5, 5.41) is 6.11. The molecule has 2 rings (SSSR count). The Labute approximate surface area is 105 Å². The maximum atomic E-state index is 11.7. The van der Waals surface area contributed by atoms with Gasteiger partial charge in [-0.2, -0.15) is 4.31 Å². The summed E-state index contributed by atoms with van der Waals surface area (Å²) in [6, 6.07) is 1.53. The number of sulfonamides is 1. The van der Waals surface area contributed by atoms with Gasteiger partial charge < -0.3 is 9.84 Å². The predicted molar refractivity (Wildman–Crippen MR) is 64.4 cm³/mol. The topological polar surface area (TPSA) is 92.5 Å². The second-order valence-corrected chi connectivity index (χ2v) is 6.35. The molecule has 8 heteroatoms. The molecule has 1 saturated carbocycles. The Kier molecular flexibility index (Phi) is 3.40. The Hall–Kier alpha value is -1.41. The molecule has 100 valence electrons. The molecule has 1 fully saturated rings. The van der Waals surface area contributed by atoms with Crippen molar-refractivity contribution in [3.63, 3.8) is 0 Å². The van der Waals surface area contributed by atoms with Gasteiger partial charge in [-0.15, -0.1) is 0 Å². The summed E-state index contributed by atoms with van der Waals surface area (Å²) in [5.41, 5.74) is 0. The van der Waals surface area contributed by atoms with Crippen LogP contribution in [0.4, 0.5) is 5.82 Å². The van der Waals surface area contributed by atoms with Gasteiger partial charge in [0.05, 0.1) is 12.8 Å². The minimum atomic E-state index is -3.36. The number of hydrogen-bond donors (Lipinski definition) is 1. The fourth-order valence-electron chi connectivity index (χ4n) is 1.63. The highest BCUT2D eigenvalue weighted by atomic mass is 32.2. The molecule has 18 heavy (non-hydrogen) atoms. The third kappa shape index (κ3) is 3.30. The summed E-state index contributed by atoms with van der Waals surface area (Å²) in [4.78, 5) is 11.7. The van der Waals surface area contributed by atoms with Gasteiger partial charge in [0.25, 0.3) is 0 Å². The number of rotatable bonds is 5. The highest BCUT2D eigenvalue weighted by Gasteiger charge is 2.36. The standard InChI is InChI=1S/C10H15N3O4S/c1-7-5-9(12-17-7)11-10(14)6-13(8-3-4-8)18(2,15)16/h5,8H,3-4,6H2,1-2H3,(H,11,12,14). The number of aromatic nitrogens is 1. The van der Waals surface area contributed by atoms with E-state index in [-0.39, 0.29) is 12.6 Å². The number of nitrogens with zero attached hydrogens (tertiary/aromatic N) is 2. The summed E-state index contributed by atoms with van der Waals surface area (Å²) in [6.07, 6.45) is 2.73. The van der Waals surface area contributed by atoms with Crippen LogP contribution in [0.15, 0.2) is 10.6 Å². The first-order valence-corrected chi connectivity index (χ1v) is 7.41. The minimum Gasteiger partial charge on any atom is -0.360 e. The van der Waals surface area contributed by atoms with Crippen molar-refractivity contribution in [2.24, 2.45) is 0 Å². The van der Waals surface area contributed by atoms with E-state index in [1.165, 1.54) is 4.31 Å². The van der Waals surface area contributed by atoms with E-state index >= 15 is 0 Å². The van der Waals surface area contributed by atoms with E-state index in [0.717, 1.165) is 19.1 Å². The van der Waals surface area contributed by atoms with Gasteiger partial charge >= 0.3 is 0 Å². The first-order valence-electron chi connectivity index (χ1n) is 5.56. The molecule has 1 heterocycles. The van der Waals surface area contributed by atoms with E-state index in [1.54, 1.807) is 13.0 Å². The van der Waals surface area contributed by atoms with E-state index < -0.39 is 15.9 Å². The summed E-state index contributed by atoms with van der Waals surface area (Å²) in [5.74, 6) is 0.454. The van der Waals surface area contributed by atoms with Crippen molar-refractivity contribution in [3.8, 4) is 0 Å². The third-order valence-corrected chi connectivity index (χ3v) is 3.85. The van der Waals surface area contributed by atoms with Gasteiger partial charge in [-0.25, -0.2) is 8.42 Å². The van der Waals surface area contributed by atoms with Crippen LogP contribution >= 0.6 is 0 Å². The second-order valence-electron chi connectivity index (χ2n) is 4.41. The third-order valence-electron chi connectivity index (χ3n) is 2.58. The molecule has 0 atom stereocenters. The Morgan fingerprint density at radius 3 is 2.72 bits per heavy atom. The quantitative estimate of drug-likeness (QED) is 0.835. The average Bonchev–Trinajstić information content (AvgIpc) is 2.98. The summed E-state index contributed by atoms with van der Waals surface area (Å²) >= 11 is 0. The zero-order valence-electron chi connectivity index (χ0n) is 10.2. The molecular formula is C10H15N3O4S. The van der Waals surface area contributed by atoms with Crippen molar-refractivity contribution in [2.45, 2.75) is 25.8 Å². The molecule has 7 nitrogen and oxygen atoms in total. The first kappa shape index (κ1) is 13.0. The van der Waals surface area contributed by atoms with Crippen LogP contribution in [0.1, 0.15) is 18.6 Å². The van der Waals surface area contributed by atoms with Crippen LogP contribution in [-0.2, 0) is 14.8 Å². The fraction of sp³-hybridized carbons (Fsp3) is 0.600. The van der Waals surface area contributed by atoms with Gasteiger partial charge in [-0.1, -0.05) is 5.16 Å². The second kappa shape index (κ2) is 4.69. The molecule has 0 bridgehead atoms. The Balaban J connectivity index is 1.97. The van der Waals surface area contributed by atoms with Crippen LogP contribution in [0.2, 0.25) is 0 Å². The molecule has 0 spiro atoms. The van der Waals surface area contributed by atoms with Crippen LogP contribution < -0.4 is 5.32 Å². The van der Waals surface area contributed by atoms with Crippen LogP contribution in [0.25, 0.3) is 0 Å². The molecule has 1 aliphatic carbocycles. The van der Waals surface area contributed by atoms with Crippen molar-refractivity contribution in [1.29, 1.82) is 0 Å². The first-order chi connectivity index (χ1) is 8.36. The fourth-order valence-corrected chi connectivity index (χ4v) is 2.73. The molecule has 0 unspecified atom stereocenters. The minimum absolute atomic E-state index is 0.0372. The maximum absolute atomic E-state index is 11.7. The maximum Gasteiger partial charge on any atom is 0.240 e. The van der Waals surface area contributed by atoms with E-state index in [4.69, 9.17) is 4.52 Å². The number of nitrogens with one attached hydrogen (secondary N) is 1. The lowest BCUT2D eigenvalue weighted by Gasteiger charge is -2.18. The van der Waals surface area contributed by atoms with Crippen LogP contribution in [0.3, 0.4) is 0 Å². The molecule has 1 aromatic heterocycles. The predicted octanol–water partition coefficient (Wildman–Crippen LogP) is 0.346. The summed E-state index contributed by atoms with van der Waals surface area (Å²) in [6.45, 7) is 1.52. The van der Waals surface area contributed by atoms with Gasteiger partial charge in [-0.05, 0) is 19.8 Å². The van der Waals surface area contributed by atoms with Crippen LogP contribution in [0, 0.1) is 6.92 Å². The lowest BCUT2D eigenvalue weighted by Crippen LogP contribution is -2.38. The van der Waals surface area contributed by atoms with Crippen molar-refractivity contribution in [1.82, 2.24) is 9.46 Å². The SMILES string of the molecule is Cc1cc(NC(=O)CN(C2CC2)S(C)(=O)=O)no1. The highest BCUT2D eigenvalue weighted by molar-refractivity contribution is 7.88. The van der Waals surface area contributed by atoms with Gasteiger partial charge in [0.2, 0.25) is 15.9 Å². The van der Waals surface area contributed by atoms with Gasteiger partial charge in [0.1, 0.15) is 5.76 Å². The lowest BCUT2D eigenvalue weighted by molar-refractivity contribution is -0.116. The number of anilines is 1. The summed E-state index contributed by atoms with van der Waals surface area (Å²) in [7, 11) is -3.36. The highest BCUT2D eigenvalue weighted by Crippen LogP contribution is 2.28. The Bertz CT molecular complexity index is 547. The van der Waals surface area contributed by atoms with Crippen molar-refractivity contribution >= 4 is 21.7 Å². The van der Waals surface area contributed by atoms with Crippen LogP contribution in [0.5, 0.6) is 0 Å². The average molecular weight is 273 g/mol. The molecular weight excluding hydrogens is 258 g/mol. The van der Waals surface area contributed by atoms with Crippen molar-refractivity contribution in [2.75, 3.05) is 18.1 Å². The number of carbonyl (C=O) groups excluding carboxylic acids is 1. The monoisotopic (exact) mass is 273 g/mol. The van der Waals surface area contributed by atoms with Gasteiger partial charge in [0.15, 0.2) is 5.82 Å². The molecule has 0 saturated heterocycles. The Morgan fingerprint density at radius 1 is 1.61 bits per heavy atom. The number of hydrogen-bond acceptors (Lipinski definition) is 5. The molecule has 1 amide bonds. The van der Waals surface area contributed by atoms with Gasteiger partial charge in [0, 0.05) is 12.1 Å². The molecule has 1 aliphatic rings. The molecule has 0 radical (unpaired) electrons. The number of amides is 1. The molecule has 1 N–H and O–H groups in total. The van der Waals surface area contributed by atoms with Crippen molar-refractivity contribution < 1.29 is 17.7 Å². The van der Waals surface area contributed by atoms with E-state index in [9.17, 15) is 13.2 Å². The van der Waals surface area contributed by atoms with E-state index in [1.807, 2.05) is 0 Å². The molecule has 0 aromatic carbocycles. The van der Waals surface area contributed by atoms with Crippen LogP contribution in [-0.4, -0.2) is 42.6 Å². The van der Waals surface area contributed by atoms with E-state index in [0.29, 0.717) is 11.6 Å². The van der Waals surface area contributed by atoms with Crippen molar-refractivity contribution in [3.05, 3.63) is 11.8 Å². The largest absolute Gasteiger partial charge is 0.360 e. The zero-order valence-corrected chi connectivity index (χ0v) is 11.0. The Morgan fingerprint density at radius 2 is 2.28 bits per heavy atom. The zero-order chi connectivity index (χ0) is 13.3. The molecule has 0 aliphatic heterocycles. The van der Waals surface area contributed by atoms with E-state index in [2.05, 4.69) is 10.5 Å². The number of aryl methyl sites for hydroxylation is 1.